The van der Waals surface area contributed by atoms with Gasteiger partial charge in [0.25, 0.3) is 0 Å². The SMILES string of the molecule is COc1ccc(Br)c(CNCc2cc(Br)cs2)c1. The summed E-state index contributed by atoms with van der Waals surface area (Å²) in [5, 5.41) is 5.52. The summed E-state index contributed by atoms with van der Waals surface area (Å²) in [7, 11) is 1.68. The van der Waals surface area contributed by atoms with E-state index in [0.717, 1.165) is 27.8 Å². The molecule has 1 aromatic carbocycles. The second kappa shape index (κ2) is 6.70. The van der Waals surface area contributed by atoms with E-state index in [9.17, 15) is 0 Å². The lowest BCUT2D eigenvalue weighted by atomic mass is 10.2. The third kappa shape index (κ3) is 3.82. The zero-order valence-corrected chi connectivity index (χ0v) is 13.9. The Balaban J connectivity index is 1.93. The van der Waals surface area contributed by atoms with Crippen LogP contribution in [0.4, 0.5) is 0 Å². The standard InChI is InChI=1S/C13H13Br2NOS/c1-17-11-2-3-13(15)9(4-11)6-16-7-12-5-10(14)8-18-12/h2-5,8,16H,6-7H2,1H3. The molecule has 0 spiro atoms. The van der Waals surface area contributed by atoms with Crippen molar-refractivity contribution in [1.29, 1.82) is 0 Å². The molecule has 0 amide bonds. The fourth-order valence-corrected chi connectivity index (χ4v) is 3.39. The highest BCUT2D eigenvalue weighted by Gasteiger charge is 2.03. The summed E-state index contributed by atoms with van der Waals surface area (Å²) < 4.78 is 7.47. The number of hydrogen-bond acceptors (Lipinski definition) is 3. The van der Waals surface area contributed by atoms with E-state index >= 15 is 0 Å². The van der Waals surface area contributed by atoms with Gasteiger partial charge in [-0.3, -0.25) is 0 Å². The molecule has 0 saturated heterocycles. The lowest BCUT2D eigenvalue weighted by Gasteiger charge is -2.08. The number of ether oxygens (including phenoxy) is 1. The minimum Gasteiger partial charge on any atom is -0.497 e. The Kier molecular flexibility index (Phi) is 5.24. The van der Waals surface area contributed by atoms with E-state index in [1.807, 2.05) is 18.2 Å². The van der Waals surface area contributed by atoms with Gasteiger partial charge in [0.2, 0.25) is 0 Å². The second-order valence-corrected chi connectivity index (χ2v) is 6.56. The van der Waals surface area contributed by atoms with Crippen LogP contribution >= 0.6 is 43.2 Å². The molecule has 18 heavy (non-hydrogen) atoms. The summed E-state index contributed by atoms with van der Waals surface area (Å²) in [6, 6.07) is 8.14. The zero-order chi connectivity index (χ0) is 13.0. The molecule has 0 aliphatic rings. The quantitative estimate of drug-likeness (QED) is 0.807. The Morgan fingerprint density at radius 3 is 2.72 bits per heavy atom. The molecule has 2 nitrogen and oxygen atoms in total. The number of thiophene rings is 1. The average molecular weight is 391 g/mol. The fraction of sp³-hybridized carbons (Fsp3) is 0.231. The van der Waals surface area contributed by atoms with Crippen LogP contribution in [-0.2, 0) is 13.1 Å². The van der Waals surface area contributed by atoms with Crippen molar-refractivity contribution in [1.82, 2.24) is 5.32 Å². The molecule has 0 saturated carbocycles. The maximum absolute atomic E-state index is 5.23. The monoisotopic (exact) mass is 389 g/mol. The van der Waals surface area contributed by atoms with Gasteiger partial charge >= 0.3 is 0 Å². The Bertz CT molecular complexity index is 527. The molecule has 1 N–H and O–H groups in total. The van der Waals surface area contributed by atoms with Crippen molar-refractivity contribution in [2.24, 2.45) is 0 Å². The molecule has 0 radical (unpaired) electrons. The van der Waals surface area contributed by atoms with Gasteiger partial charge in [0.1, 0.15) is 5.75 Å². The first kappa shape index (κ1) is 14.1. The fourth-order valence-electron chi connectivity index (χ4n) is 1.58. The van der Waals surface area contributed by atoms with Crippen LogP contribution in [0.2, 0.25) is 0 Å². The summed E-state index contributed by atoms with van der Waals surface area (Å²) in [6.07, 6.45) is 0. The molecule has 2 aromatic rings. The first-order valence-electron chi connectivity index (χ1n) is 5.45. The van der Waals surface area contributed by atoms with E-state index in [0.29, 0.717) is 0 Å². The van der Waals surface area contributed by atoms with Crippen molar-refractivity contribution >= 4 is 43.2 Å². The van der Waals surface area contributed by atoms with E-state index in [1.165, 1.54) is 10.4 Å². The van der Waals surface area contributed by atoms with Gasteiger partial charge in [-0.2, -0.15) is 0 Å². The first-order valence-corrected chi connectivity index (χ1v) is 7.91. The lowest BCUT2D eigenvalue weighted by molar-refractivity contribution is 0.414. The first-order chi connectivity index (χ1) is 8.69. The Morgan fingerprint density at radius 2 is 2.06 bits per heavy atom. The van der Waals surface area contributed by atoms with Gasteiger partial charge < -0.3 is 10.1 Å². The van der Waals surface area contributed by atoms with Crippen molar-refractivity contribution in [2.75, 3.05) is 7.11 Å². The van der Waals surface area contributed by atoms with E-state index in [1.54, 1.807) is 18.4 Å². The van der Waals surface area contributed by atoms with Crippen LogP contribution in [0.5, 0.6) is 5.75 Å². The molecule has 5 heteroatoms. The van der Waals surface area contributed by atoms with Crippen LogP contribution in [-0.4, -0.2) is 7.11 Å². The van der Waals surface area contributed by atoms with Crippen LogP contribution in [0, 0.1) is 0 Å². The Hall–Kier alpha value is -0.360. The molecule has 0 unspecified atom stereocenters. The minimum atomic E-state index is 0.813. The van der Waals surface area contributed by atoms with Crippen molar-refractivity contribution in [3.05, 3.63) is 49.0 Å². The number of rotatable bonds is 5. The highest BCUT2D eigenvalue weighted by Crippen LogP contribution is 2.23. The number of halogens is 2. The third-order valence-electron chi connectivity index (χ3n) is 2.49. The second-order valence-electron chi connectivity index (χ2n) is 3.79. The van der Waals surface area contributed by atoms with E-state index in [-0.39, 0.29) is 0 Å². The molecular weight excluding hydrogens is 378 g/mol. The van der Waals surface area contributed by atoms with Crippen LogP contribution in [0.3, 0.4) is 0 Å². The predicted octanol–water partition coefficient (Wildman–Crippen LogP) is 4.57. The molecule has 1 aromatic heterocycles. The topological polar surface area (TPSA) is 21.3 Å². The summed E-state index contributed by atoms with van der Waals surface area (Å²) in [5.74, 6) is 0.883. The van der Waals surface area contributed by atoms with Crippen molar-refractivity contribution in [3.8, 4) is 5.75 Å². The van der Waals surface area contributed by atoms with Crippen LogP contribution in [0.15, 0.2) is 38.6 Å². The molecule has 0 fully saturated rings. The molecule has 2 rings (SSSR count). The summed E-state index contributed by atoms with van der Waals surface area (Å²) >= 11 is 8.76. The van der Waals surface area contributed by atoms with Gasteiger partial charge in [-0.25, -0.2) is 0 Å². The molecule has 0 aliphatic carbocycles. The third-order valence-corrected chi connectivity index (χ3v) is 4.96. The minimum absolute atomic E-state index is 0.813. The molecule has 96 valence electrons. The predicted molar refractivity (Wildman–Crippen MR) is 83.3 cm³/mol. The molecular formula is C13H13Br2NOS. The Morgan fingerprint density at radius 1 is 1.22 bits per heavy atom. The molecule has 0 bridgehead atoms. The van der Waals surface area contributed by atoms with Crippen LogP contribution < -0.4 is 10.1 Å². The van der Waals surface area contributed by atoms with Gasteiger partial charge in [-0.05, 0) is 45.8 Å². The number of methoxy groups -OCH3 is 1. The van der Waals surface area contributed by atoms with Crippen molar-refractivity contribution < 1.29 is 4.74 Å². The van der Waals surface area contributed by atoms with Gasteiger partial charge in [-0.15, -0.1) is 11.3 Å². The normalized spacial score (nSPS) is 10.6. The number of benzene rings is 1. The van der Waals surface area contributed by atoms with Crippen LogP contribution in [0.1, 0.15) is 10.4 Å². The van der Waals surface area contributed by atoms with Gasteiger partial charge in [0.15, 0.2) is 0 Å². The number of nitrogens with one attached hydrogen (secondary N) is 1. The highest BCUT2D eigenvalue weighted by atomic mass is 79.9. The van der Waals surface area contributed by atoms with Gasteiger partial charge in [0.05, 0.1) is 7.11 Å². The van der Waals surface area contributed by atoms with E-state index in [4.69, 9.17) is 4.74 Å². The van der Waals surface area contributed by atoms with E-state index in [2.05, 4.69) is 48.6 Å². The van der Waals surface area contributed by atoms with Crippen molar-refractivity contribution in [2.45, 2.75) is 13.1 Å². The summed E-state index contributed by atoms with van der Waals surface area (Å²) in [4.78, 5) is 1.32. The number of hydrogen-bond donors (Lipinski definition) is 1. The van der Waals surface area contributed by atoms with E-state index < -0.39 is 0 Å². The molecule has 1 heterocycles. The zero-order valence-electron chi connectivity index (χ0n) is 9.87. The maximum atomic E-state index is 5.23. The summed E-state index contributed by atoms with van der Waals surface area (Å²) in [6.45, 7) is 1.69. The van der Waals surface area contributed by atoms with Gasteiger partial charge in [-0.1, -0.05) is 15.9 Å². The molecule has 0 aliphatic heterocycles. The average Bonchev–Trinajstić information content (AvgIpc) is 2.77. The Labute approximate surface area is 128 Å². The smallest absolute Gasteiger partial charge is 0.119 e. The lowest BCUT2D eigenvalue weighted by Crippen LogP contribution is -2.12. The molecule has 0 atom stereocenters. The summed E-state index contributed by atoms with van der Waals surface area (Å²) in [5.41, 5.74) is 1.20. The highest BCUT2D eigenvalue weighted by molar-refractivity contribution is 9.10. The van der Waals surface area contributed by atoms with Crippen LogP contribution in [0.25, 0.3) is 0 Å². The largest absolute Gasteiger partial charge is 0.497 e. The van der Waals surface area contributed by atoms with Gasteiger partial charge in [0, 0.05) is 32.3 Å². The maximum Gasteiger partial charge on any atom is 0.119 e. The van der Waals surface area contributed by atoms with Crippen molar-refractivity contribution in [3.63, 3.8) is 0 Å².